The van der Waals surface area contributed by atoms with Gasteiger partial charge in [0.15, 0.2) is 0 Å². The number of para-hydroxylation sites is 1. The molecule has 0 aliphatic heterocycles. The molecule has 0 spiro atoms. The van der Waals surface area contributed by atoms with Crippen LogP contribution in [0.5, 0.6) is 0 Å². The quantitative estimate of drug-likeness (QED) is 0.790. The lowest BCUT2D eigenvalue weighted by molar-refractivity contribution is 0.723. The summed E-state index contributed by atoms with van der Waals surface area (Å²) in [6, 6.07) is 12.2. The molecule has 0 saturated heterocycles. The van der Waals surface area contributed by atoms with Gasteiger partial charge in [-0.2, -0.15) is 16.4 Å². The standard InChI is InChI=1S/C15H15N3S/c16-15(8-12-6-7-19-11-12)13-9-17-18(10-13)14-4-2-1-3-5-14/h1-7,9-11,15H,8,16H2. The predicted octanol–water partition coefficient (Wildman–Crippen LogP) is 3.18. The van der Waals surface area contributed by atoms with E-state index >= 15 is 0 Å². The number of benzene rings is 1. The van der Waals surface area contributed by atoms with E-state index in [0.29, 0.717) is 0 Å². The summed E-state index contributed by atoms with van der Waals surface area (Å²) in [6.07, 6.45) is 4.71. The van der Waals surface area contributed by atoms with E-state index in [1.165, 1.54) is 5.56 Å². The molecule has 3 rings (SSSR count). The Kier molecular flexibility index (Phi) is 3.44. The van der Waals surface area contributed by atoms with E-state index in [1.54, 1.807) is 11.3 Å². The monoisotopic (exact) mass is 269 g/mol. The number of nitrogens with two attached hydrogens (primary N) is 1. The SMILES string of the molecule is NC(Cc1ccsc1)c1cnn(-c2ccccc2)c1. The van der Waals surface area contributed by atoms with Crippen LogP contribution < -0.4 is 5.73 Å². The number of nitrogens with zero attached hydrogens (tertiary/aromatic N) is 2. The molecular formula is C15H15N3S. The number of hydrogen-bond acceptors (Lipinski definition) is 3. The molecule has 2 heterocycles. The Labute approximate surface area is 116 Å². The van der Waals surface area contributed by atoms with E-state index in [4.69, 9.17) is 5.73 Å². The summed E-state index contributed by atoms with van der Waals surface area (Å²) in [7, 11) is 0. The predicted molar refractivity (Wildman–Crippen MR) is 78.5 cm³/mol. The highest BCUT2D eigenvalue weighted by Gasteiger charge is 2.10. The maximum atomic E-state index is 6.23. The fourth-order valence-corrected chi connectivity index (χ4v) is 2.71. The highest BCUT2D eigenvalue weighted by molar-refractivity contribution is 7.07. The Morgan fingerprint density at radius 3 is 2.79 bits per heavy atom. The zero-order valence-electron chi connectivity index (χ0n) is 10.4. The van der Waals surface area contributed by atoms with Crippen LogP contribution in [-0.2, 0) is 6.42 Å². The topological polar surface area (TPSA) is 43.8 Å². The number of rotatable bonds is 4. The van der Waals surface area contributed by atoms with Gasteiger partial charge in [-0.15, -0.1) is 0 Å². The summed E-state index contributed by atoms with van der Waals surface area (Å²) in [5.41, 5.74) is 9.63. The van der Waals surface area contributed by atoms with Gasteiger partial charge in [0.2, 0.25) is 0 Å². The van der Waals surface area contributed by atoms with Crippen LogP contribution in [0.2, 0.25) is 0 Å². The summed E-state index contributed by atoms with van der Waals surface area (Å²) in [5.74, 6) is 0. The zero-order chi connectivity index (χ0) is 13.1. The lowest BCUT2D eigenvalue weighted by atomic mass is 10.1. The van der Waals surface area contributed by atoms with E-state index in [2.05, 4.69) is 21.9 Å². The second-order valence-electron chi connectivity index (χ2n) is 4.50. The molecule has 96 valence electrons. The van der Waals surface area contributed by atoms with Crippen molar-refractivity contribution >= 4 is 11.3 Å². The van der Waals surface area contributed by atoms with Crippen LogP contribution in [0.1, 0.15) is 17.2 Å². The third-order valence-electron chi connectivity index (χ3n) is 3.09. The normalized spacial score (nSPS) is 12.5. The number of aromatic nitrogens is 2. The van der Waals surface area contributed by atoms with Gasteiger partial charge >= 0.3 is 0 Å². The minimum absolute atomic E-state index is 0.00735. The van der Waals surface area contributed by atoms with Gasteiger partial charge in [-0.1, -0.05) is 18.2 Å². The molecule has 2 aromatic heterocycles. The van der Waals surface area contributed by atoms with Crippen molar-refractivity contribution in [3.05, 3.63) is 70.7 Å². The lowest BCUT2D eigenvalue weighted by Gasteiger charge is -2.07. The number of thiophene rings is 1. The van der Waals surface area contributed by atoms with Gasteiger partial charge in [0.1, 0.15) is 0 Å². The Hall–Kier alpha value is -1.91. The van der Waals surface area contributed by atoms with Gasteiger partial charge in [-0.25, -0.2) is 4.68 Å². The molecule has 19 heavy (non-hydrogen) atoms. The molecule has 0 fully saturated rings. The Morgan fingerprint density at radius 1 is 1.21 bits per heavy atom. The maximum absolute atomic E-state index is 6.23. The molecule has 3 nitrogen and oxygen atoms in total. The molecule has 0 aliphatic rings. The van der Waals surface area contributed by atoms with Gasteiger partial charge in [0, 0.05) is 17.8 Å². The molecule has 1 atom stereocenters. The molecule has 2 N–H and O–H groups in total. The fourth-order valence-electron chi connectivity index (χ4n) is 2.03. The van der Waals surface area contributed by atoms with E-state index in [-0.39, 0.29) is 6.04 Å². The van der Waals surface area contributed by atoms with Gasteiger partial charge < -0.3 is 5.73 Å². The van der Waals surface area contributed by atoms with Gasteiger partial charge in [0.25, 0.3) is 0 Å². The molecule has 1 unspecified atom stereocenters. The summed E-state index contributed by atoms with van der Waals surface area (Å²) in [6.45, 7) is 0. The Balaban J connectivity index is 1.78. The fraction of sp³-hybridized carbons (Fsp3) is 0.133. The van der Waals surface area contributed by atoms with Crippen LogP contribution in [0, 0.1) is 0 Å². The summed E-state index contributed by atoms with van der Waals surface area (Å²) in [4.78, 5) is 0. The largest absolute Gasteiger partial charge is 0.324 e. The minimum Gasteiger partial charge on any atom is -0.324 e. The highest BCUT2D eigenvalue weighted by atomic mass is 32.1. The van der Waals surface area contributed by atoms with Gasteiger partial charge in [0.05, 0.1) is 11.9 Å². The van der Waals surface area contributed by atoms with E-state index in [0.717, 1.165) is 17.7 Å². The molecule has 0 radical (unpaired) electrons. The second-order valence-corrected chi connectivity index (χ2v) is 5.28. The van der Waals surface area contributed by atoms with Crippen molar-refractivity contribution in [1.82, 2.24) is 9.78 Å². The van der Waals surface area contributed by atoms with Crippen LogP contribution in [0.15, 0.2) is 59.6 Å². The average molecular weight is 269 g/mol. The smallest absolute Gasteiger partial charge is 0.0645 e. The Bertz CT molecular complexity index is 628. The van der Waals surface area contributed by atoms with Crippen molar-refractivity contribution in [3.63, 3.8) is 0 Å². The third-order valence-corrected chi connectivity index (χ3v) is 3.82. The minimum atomic E-state index is -0.00735. The van der Waals surface area contributed by atoms with E-state index in [9.17, 15) is 0 Å². The molecule has 0 saturated carbocycles. The van der Waals surface area contributed by atoms with Crippen LogP contribution >= 0.6 is 11.3 Å². The molecular weight excluding hydrogens is 254 g/mol. The van der Waals surface area contributed by atoms with Crippen LogP contribution in [0.4, 0.5) is 0 Å². The lowest BCUT2D eigenvalue weighted by Crippen LogP contribution is -2.12. The first kappa shape index (κ1) is 12.1. The van der Waals surface area contributed by atoms with E-state index < -0.39 is 0 Å². The van der Waals surface area contributed by atoms with Crippen LogP contribution in [0.3, 0.4) is 0 Å². The van der Waals surface area contributed by atoms with Gasteiger partial charge in [-0.3, -0.25) is 0 Å². The average Bonchev–Trinajstić information content (AvgIpc) is 3.10. The molecule has 1 aromatic carbocycles. The second kappa shape index (κ2) is 5.38. The van der Waals surface area contributed by atoms with Crippen molar-refractivity contribution in [2.75, 3.05) is 0 Å². The zero-order valence-corrected chi connectivity index (χ0v) is 11.3. The van der Waals surface area contributed by atoms with Crippen molar-refractivity contribution in [3.8, 4) is 5.69 Å². The summed E-state index contributed by atoms with van der Waals surface area (Å²) < 4.78 is 1.86. The first-order valence-corrected chi connectivity index (χ1v) is 7.14. The highest BCUT2D eigenvalue weighted by Crippen LogP contribution is 2.18. The first-order chi connectivity index (χ1) is 9.33. The first-order valence-electron chi connectivity index (χ1n) is 6.19. The molecule has 3 aromatic rings. The summed E-state index contributed by atoms with van der Waals surface area (Å²) in [5, 5.41) is 8.60. The van der Waals surface area contributed by atoms with Crippen molar-refractivity contribution in [2.24, 2.45) is 5.73 Å². The maximum Gasteiger partial charge on any atom is 0.0645 e. The molecule has 0 bridgehead atoms. The van der Waals surface area contributed by atoms with Crippen LogP contribution in [-0.4, -0.2) is 9.78 Å². The Morgan fingerprint density at radius 2 is 2.05 bits per heavy atom. The van der Waals surface area contributed by atoms with Crippen molar-refractivity contribution in [2.45, 2.75) is 12.5 Å². The molecule has 4 heteroatoms. The van der Waals surface area contributed by atoms with Crippen molar-refractivity contribution in [1.29, 1.82) is 0 Å². The molecule has 0 aliphatic carbocycles. The third kappa shape index (κ3) is 2.75. The van der Waals surface area contributed by atoms with Crippen molar-refractivity contribution < 1.29 is 0 Å². The van der Waals surface area contributed by atoms with Crippen LogP contribution in [0.25, 0.3) is 5.69 Å². The molecule has 0 amide bonds. The number of hydrogen-bond donors (Lipinski definition) is 1. The van der Waals surface area contributed by atoms with E-state index in [1.807, 2.05) is 47.4 Å². The summed E-state index contributed by atoms with van der Waals surface area (Å²) >= 11 is 1.70. The van der Waals surface area contributed by atoms with Gasteiger partial charge in [-0.05, 0) is 40.9 Å².